The van der Waals surface area contributed by atoms with E-state index in [1.165, 1.54) is 48.0 Å². The minimum absolute atomic E-state index is 0.375. The summed E-state index contributed by atoms with van der Waals surface area (Å²) in [5, 5.41) is 11.1. The Morgan fingerprint density at radius 1 is 1.38 bits per heavy atom. The van der Waals surface area contributed by atoms with Crippen LogP contribution in [0.5, 0.6) is 5.75 Å². The summed E-state index contributed by atoms with van der Waals surface area (Å²) >= 11 is 0. The molecule has 2 bridgehead atoms. The standard InChI is InChI=1S/C21H30N2O/c1-4-13(2)9-15-10-18-14(3)23(12-15)8-7-17-19-11-16(24)5-6-20(19)22-21(17)18/h5-6,11,13-15,18,22,24H,4,7-10,12H2,1-3H3/t13-,14?,15-,18+/m0/s1. The minimum atomic E-state index is 0.375. The first-order chi connectivity index (χ1) is 11.6. The Bertz CT molecular complexity index is 735. The number of phenols is 1. The molecule has 3 nitrogen and oxygen atoms in total. The lowest BCUT2D eigenvalue weighted by molar-refractivity contribution is 0.0921. The molecule has 0 aliphatic carbocycles. The molecule has 0 spiro atoms. The fraction of sp³-hybridized carbons (Fsp3) is 0.619. The highest BCUT2D eigenvalue weighted by atomic mass is 16.3. The predicted molar refractivity (Wildman–Crippen MR) is 99.6 cm³/mol. The molecule has 0 radical (unpaired) electrons. The Hall–Kier alpha value is -1.48. The number of phenolic OH excluding ortho intramolecular Hbond substituents is 1. The summed E-state index contributed by atoms with van der Waals surface area (Å²) in [5.74, 6) is 2.61. The van der Waals surface area contributed by atoms with Gasteiger partial charge in [0.25, 0.3) is 0 Å². The van der Waals surface area contributed by atoms with Gasteiger partial charge < -0.3 is 10.1 Å². The Morgan fingerprint density at radius 2 is 2.21 bits per heavy atom. The van der Waals surface area contributed by atoms with Gasteiger partial charge in [0.2, 0.25) is 0 Å². The van der Waals surface area contributed by atoms with E-state index in [2.05, 4.69) is 30.7 Å². The smallest absolute Gasteiger partial charge is 0.116 e. The fourth-order valence-corrected chi connectivity index (χ4v) is 5.04. The number of aromatic nitrogens is 1. The number of aromatic hydroxyl groups is 1. The van der Waals surface area contributed by atoms with Crippen molar-refractivity contribution in [1.82, 2.24) is 9.88 Å². The molecule has 2 unspecified atom stereocenters. The number of piperidine rings is 1. The highest BCUT2D eigenvalue weighted by Crippen LogP contribution is 2.43. The van der Waals surface area contributed by atoms with Crippen molar-refractivity contribution in [2.75, 3.05) is 13.1 Å². The van der Waals surface area contributed by atoms with Crippen molar-refractivity contribution in [3.63, 3.8) is 0 Å². The van der Waals surface area contributed by atoms with E-state index in [0.29, 0.717) is 17.7 Å². The van der Waals surface area contributed by atoms with Gasteiger partial charge in [-0.05, 0) is 61.8 Å². The van der Waals surface area contributed by atoms with Crippen LogP contribution in [-0.4, -0.2) is 34.1 Å². The van der Waals surface area contributed by atoms with Gasteiger partial charge in [-0.3, -0.25) is 4.90 Å². The third kappa shape index (κ3) is 2.63. The van der Waals surface area contributed by atoms with Crippen LogP contribution in [-0.2, 0) is 6.42 Å². The summed E-state index contributed by atoms with van der Waals surface area (Å²) in [4.78, 5) is 6.43. The maximum absolute atomic E-state index is 9.90. The monoisotopic (exact) mass is 326 g/mol. The molecule has 1 aromatic heterocycles. The van der Waals surface area contributed by atoms with Gasteiger partial charge in [0.15, 0.2) is 0 Å². The van der Waals surface area contributed by atoms with E-state index >= 15 is 0 Å². The van der Waals surface area contributed by atoms with Crippen LogP contribution in [0.2, 0.25) is 0 Å². The van der Waals surface area contributed by atoms with Crippen LogP contribution in [0, 0.1) is 11.8 Å². The Kier molecular flexibility index (Phi) is 4.07. The molecule has 1 fully saturated rings. The molecule has 130 valence electrons. The van der Waals surface area contributed by atoms with E-state index in [0.717, 1.165) is 24.8 Å². The predicted octanol–water partition coefficient (Wildman–Crippen LogP) is 4.66. The molecular weight excluding hydrogens is 296 g/mol. The number of nitrogens with one attached hydrogen (secondary N) is 1. The van der Waals surface area contributed by atoms with E-state index in [1.807, 2.05) is 12.1 Å². The zero-order valence-corrected chi connectivity index (χ0v) is 15.2. The summed E-state index contributed by atoms with van der Waals surface area (Å²) in [6, 6.07) is 6.37. The van der Waals surface area contributed by atoms with Gasteiger partial charge in [-0.25, -0.2) is 0 Å². The molecule has 2 aliphatic heterocycles. The van der Waals surface area contributed by atoms with Crippen LogP contribution >= 0.6 is 0 Å². The van der Waals surface area contributed by atoms with E-state index < -0.39 is 0 Å². The SMILES string of the molecule is CC[C@H](C)C[C@H]1C[C@H]2c3[nH]c4ccc(O)cc4c3CCN(C1)C2C. The van der Waals surface area contributed by atoms with Crippen molar-refractivity contribution in [1.29, 1.82) is 0 Å². The van der Waals surface area contributed by atoms with Crippen molar-refractivity contribution >= 4 is 10.9 Å². The van der Waals surface area contributed by atoms with Crippen molar-refractivity contribution in [2.45, 2.75) is 58.4 Å². The van der Waals surface area contributed by atoms with E-state index in [1.54, 1.807) is 6.07 Å². The van der Waals surface area contributed by atoms with E-state index in [9.17, 15) is 5.11 Å². The number of hydrogen-bond acceptors (Lipinski definition) is 2. The summed E-state index contributed by atoms with van der Waals surface area (Å²) in [6.45, 7) is 9.52. The molecular formula is C21H30N2O. The fourth-order valence-electron chi connectivity index (χ4n) is 5.04. The minimum Gasteiger partial charge on any atom is -0.508 e. The van der Waals surface area contributed by atoms with Crippen LogP contribution in [0.15, 0.2) is 18.2 Å². The van der Waals surface area contributed by atoms with Gasteiger partial charge in [-0.15, -0.1) is 0 Å². The largest absolute Gasteiger partial charge is 0.508 e. The number of aromatic amines is 1. The summed E-state index contributed by atoms with van der Waals surface area (Å²) in [6.07, 6.45) is 5.03. The second-order valence-electron chi connectivity index (χ2n) is 8.19. The van der Waals surface area contributed by atoms with Gasteiger partial charge in [-0.1, -0.05) is 20.3 Å². The third-order valence-electron chi connectivity index (χ3n) is 6.61. The van der Waals surface area contributed by atoms with E-state index in [-0.39, 0.29) is 0 Å². The van der Waals surface area contributed by atoms with Gasteiger partial charge in [0.05, 0.1) is 0 Å². The van der Waals surface area contributed by atoms with Crippen LogP contribution in [0.25, 0.3) is 10.9 Å². The second-order valence-corrected chi connectivity index (χ2v) is 8.19. The molecule has 3 heterocycles. The van der Waals surface area contributed by atoms with E-state index in [4.69, 9.17) is 0 Å². The number of benzene rings is 1. The number of H-pyrrole nitrogens is 1. The first-order valence-corrected chi connectivity index (χ1v) is 9.64. The topological polar surface area (TPSA) is 39.3 Å². The molecule has 24 heavy (non-hydrogen) atoms. The van der Waals surface area contributed by atoms with Crippen molar-refractivity contribution in [3.05, 3.63) is 29.5 Å². The summed E-state index contributed by atoms with van der Waals surface area (Å²) < 4.78 is 0. The van der Waals surface area contributed by atoms with Gasteiger partial charge in [-0.2, -0.15) is 0 Å². The number of fused-ring (bicyclic) bond motifs is 6. The number of nitrogens with zero attached hydrogens (tertiary/aromatic N) is 1. The van der Waals surface area contributed by atoms with Crippen LogP contribution in [0.3, 0.4) is 0 Å². The third-order valence-corrected chi connectivity index (χ3v) is 6.61. The molecule has 4 rings (SSSR count). The lowest BCUT2D eigenvalue weighted by atomic mass is 9.78. The maximum atomic E-state index is 9.90. The van der Waals surface area contributed by atoms with Crippen LogP contribution in [0.4, 0.5) is 0 Å². The lowest BCUT2D eigenvalue weighted by Gasteiger charge is -2.42. The Labute approximate surface area is 145 Å². The van der Waals surface area contributed by atoms with Crippen molar-refractivity contribution in [2.24, 2.45) is 11.8 Å². The average Bonchev–Trinajstić information content (AvgIpc) is 2.89. The molecule has 1 aromatic carbocycles. The first-order valence-electron chi connectivity index (χ1n) is 9.64. The highest BCUT2D eigenvalue weighted by molar-refractivity contribution is 5.86. The normalized spacial score (nSPS) is 30.8. The van der Waals surface area contributed by atoms with Crippen molar-refractivity contribution < 1.29 is 5.11 Å². The van der Waals surface area contributed by atoms with Crippen LogP contribution in [0.1, 0.15) is 57.2 Å². The average molecular weight is 326 g/mol. The Balaban J connectivity index is 1.72. The molecule has 0 amide bonds. The molecule has 2 N–H and O–H groups in total. The number of rotatable bonds is 3. The second kappa shape index (κ2) is 6.11. The summed E-state index contributed by atoms with van der Waals surface area (Å²) in [7, 11) is 0. The maximum Gasteiger partial charge on any atom is 0.116 e. The lowest BCUT2D eigenvalue weighted by Crippen LogP contribution is -2.46. The zero-order chi connectivity index (χ0) is 16.8. The quantitative estimate of drug-likeness (QED) is 0.861. The van der Waals surface area contributed by atoms with Crippen LogP contribution < -0.4 is 0 Å². The molecule has 0 saturated carbocycles. The molecule has 2 aromatic rings. The molecule has 1 saturated heterocycles. The Morgan fingerprint density at radius 3 is 3.00 bits per heavy atom. The zero-order valence-electron chi connectivity index (χ0n) is 15.2. The molecule has 3 heteroatoms. The first kappa shape index (κ1) is 16.0. The molecule has 2 aliphatic rings. The number of hydrogen-bond donors (Lipinski definition) is 2. The van der Waals surface area contributed by atoms with Gasteiger partial charge in [0, 0.05) is 41.6 Å². The summed E-state index contributed by atoms with van der Waals surface area (Å²) in [5.41, 5.74) is 4.08. The van der Waals surface area contributed by atoms with Gasteiger partial charge >= 0.3 is 0 Å². The van der Waals surface area contributed by atoms with Crippen molar-refractivity contribution in [3.8, 4) is 5.75 Å². The highest BCUT2D eigenvalue weighted by Gasteiger charge is 2.38. The molecule has 5 atom stereocenters. The van der Waals surface area contributed by atoms with Gasteiger partial charge in [0.1, 0.15) is 5.75 Å².